The fraction of sp³-hybridized carbons (Fsp3) is 0.385. The highest BCUT2D eigenvalue weighted by Gasteiger charge is 2.36. The molecule has 1 aliphatic heterocycles. The molecular weight excluding hydrogens is 348 g/mol. The highest BCUT2D eigenvalue weighted by Crippen LogP contribution is 2.29. The Morgan fingerprint density at radius 2 is 2.17 bits per heavy atom. The molecule has 1 aromatic heterocycles. The van der Waals surface area contributed by atoms with Crippen LogP contribution in [0.5, 0.6) is 0 Å². The predicted molar refractivity (Wildman–Crippen MR) is 82.7 cm³/mol. The molecule has 10 heteroatoms. The summed E-state index contributed by atoms with van der Waals surface area (Å²) < 4.78 is 51.5. The summed E-state index contributed by atoms with van der Waals surface area (Å²) in [6.07, 6.45) is 2.05. The van der Waals surface area contributed by atoms with Gasteiger partial charge < -0.3 is 5.32 Å². The largest absolute Gasteiger partial charge is 0.301 e. The number of thiazole rings is 1. The number of hydrogen-bond donors (Lipinski definition) is 1. The van der Waals surface area contributed by atoms with E-state index < -0.39 is 33.6 Å². The van der Waals surface area contributed by atoms with Crippen LogP contribution >= 0.6 is 11.3 Å². The number of aromatic nitrogens is 1. The molecule has 0 radical (unpaired) electrons. The Labute approximate surface area is 135 Å². The lowest BCUT2D eigenvalue weighted by molar-refractivity contribution is -0.119. The van der Waals surface area contributed by atoms with Crippen molar-refractivity contribution < 1.29 is 22.0 Å². The molecule has 6 nitrogen and oxygen atoms in total. The van der Waals surface area contributed by atoms with Gasteiger partial charge in [0.25, 0.3) is 0 Å². The van der Waals surface area contributed by atoms with Crippen molar-refractivity contribution in [1.29, 1.82) is 0 Å². The standard InChI is InChI=1S/C13H13F2N3O3S2/c1-23(20,21)18-4-2-3-9(18)12(19)17-13-16-11-8(15)5-7(14)6-10(11)22-13/h5-6,9H,2-4H2,1H3,(H,16,17,19)/t9-/m1/s1. The van der Waals surface area contributed by atoms with Crippen molar-refractivity contribution in [1.82, 2.24) is 9.29 Å². The molecule has 0 bridgehead atoms. The Hall–Kier alpha value is -1.65. The monoisotopic (exact) mass is 361 g/mol. The third-order valence-electron chi connectivity index (χ3n) is 3.58. The number of fused-ring (bicyclic) bond motifs is 1. The number of halogens is 2. The van der Waals surface area contributed by atoms with Crippen LogP contribution in [0.2, 0.25) is 0 Å². The first-order chi connectivity index (χ1) is 10.8. The van der Waals surface area contributed by atoms with Crippen molar-refractivity contribution in [3.05, 3.63) is 23.8 Å². The van der Waals surface area contributed by atoms with Crippen LogP contribution in [0.15, 0.2) is 12.1 Å². The number of amides is 1. The third kappa shape index (κ3) is 3.19. The second-order valence-corrected chi connectivity index (χ2v) is 8.24. The smallest absolute Gasteiger partial charge is 0.244 e. The van der Waals surface area contributed by atoms with E-state index in [2.05, 4.69) is 10.3 Å². The van der Waals surface area contributed by atoms with E-state index in [1.807, 2.05) is 0 Å². The minimum atomic E-state index is -3.48. The van der Waals surface area contributed by atoms with Gasteiger partial charge >= 0.3 is 0 Å². The van der Waals surface area contributed by atoms with E-state index in [9.17, 15) is 22.0 Å². The second kappa shape index (κ2) is 5.77. The van der Waals surface area contributed by atoms with Crippen molar-refractivity contribution in [2.45, 2.75) is 18.9 Å². The fourth-order valence-electron chi connectivity index (χ4n) is 2.60. The average molecular weight is 361 g/mol. The maximum absolute atomic E-state index is 13.6. The maximum Gasteiger partial charge on any atom is 0.244 e. The first-order valence-electron chi connectivity index (χ1n) is 6.79. The van der Waals surface area contributed by atoms with Gasteiger partial charge in [-0.05, 0) is 18.9 Å². The molecule has 1 atom stereocenters. The van der Waals surface area contributed by atoms with Gasteiger partial charge in [0.15, 0.2) is 10.9 Å². The lowest BCUT2D eigenvalue weighted by atomic mass is 10.2. The van der Waals surface area contributed by atoms with Gasteiger partial charge in [-0.3, -0.25) is 4.79 Å². The van der Waals surface area contributed by atoms with Crippen molar-refractivity contribution in [2.24, 2.45) is 0 Å². The molecule has 3 rings (SSSR count). The molecule has 0 spiro atoms. The van der Waals surface area contributed by atoms with E-state index in [4.69, 9.17) is 0 Å². The SMILES string of the molecule is CS(=O)(=O)N1CCC[C@@H]1C(=O)Nc1nc2c(F)cc(F)cc2s1. The molecule has 1 saturated heterocycles. The molecule has 124 valence electrons. The summed E-state index contributed by atoms with van der Waals surface area (Å²) >= 11 is 0.930. The Morgan fingerprint density at radius 1 is 1.43 bits per heavy atom. The molecule has 0 saturated carbocycles. The van der Waals surface area contributed by atoms with Gasteiger partial charge in [-0.25, -0.2) is 22.2 Å². The van der Waals surface area contributed by atoms with E-state index >= 15 is 0 Å². The lowest BCUT2D eigenvalue weighted by Gasteiger charge is -2.20. The Balaban J connectivity index is 1.84. The number of carbonyl (C=O) groups is 1. The van der Waals surface area contributed by atoms with Crippen LogP contribution in [0.1, 0.15) is 12.8 Å². The molecule has 1 aromatic carbocycles. The van der Waals surface area contributed by atoms with Crippen molar-refractivity contribution in [3.8, 4) is 0 Å². The van der Waals surface area contributed by atoms with Crippen LogP contribution in [0.4, 0.5) is 13.9 Å². The van der Waals surface area contributed by atoms with Crippen molar-refractivity contribution >= 4 is 42.6 Å². The van der Waals surface area contributed by atoms with E-state index in [0.717, 1.165) is 34.0 Å². The summed E-state index contributed by atoms with van der Waals surface area (Å²) in [5.41, 5.74) is -0.0295. The summed E-state index contributed by atoms with van der Waals surface area (Å²) in [5.74, 6) is -2.06. The lowest BCUT2D eigenvalue weighted by Crippen LogP contribution is -2.42. The van der Waals surface area contributed by atoms with Gasteiger partial charge in [-0.1, -0.05) is 11.3 Å². The maximum atomic E-state index is 13.6. The fourth-order valence-corrected chi connectivity index (χ4v) is 4.63. The number of hydrogen-bond acceptors (Lipinski definition) is 5. The molecule has 0 aliphatic carbocycles. The van der Waals surface area contributed by atoms with E-state index in [1.165, 1.54) is 0 Å². The summed E-state index contributed by atoms with van der Waals surface area (Å²) in [7, 11) is -3.48. The van der Waals surface area contributed by atoms with Crippen LogP contribution in [0.3, 0.4) is 0 Å². The zero-order valence-corrected chi connectivity index (χ0v) is 13.7. The van der Waals surface area contributed by atoms with Crippen molar-refractivity contribution in [3.63, 3.8) is 0 Å². The zero-order chi connectivity index (χ0) is 16.8. The molecule has 1 amide bonds. The molecule has 1 fully saturated rings. The molecular formula is C13H13F2N3O3S2. The topological polar surface area (TPSA) is 79.4 Å². The molecule has 1 aliphatic rings. The predicted octanol–water partition coefficient (Wildman–Crippen LogP) is 1.94. The normalized spacial score (nSPS) is 19.3. The number of benzene rings is 1. The van der Waals surface area contributed by atoms with Gasteiger partial charge in [-0.2, -0.15) is 4.31 Å². The highest BCUT2D eigenvalue weighted by atomic mass is 32.2. The van der Waals surface area contributed by atoms with Crippen molar-refractivity contribution in [2.75, 3.05) is 18.1 Å². The summed E-state index contributed by atoms with van der Waals surface area (Å²) in [6.45, 7) is 0.288. The van der Waals surface area contributed by atoms with Crippen LogP contribution in [-0.2, 0) is 14.8 Å². The number of nitrogens with one attached hydrogen (secondary N) is 1. The molecule has 1 N–H and O–H groups in total. The van der Waals surface area contributed by atoms with Gasteiger partial charge in [0.2, 0.25) is 15.9 Å². The number of carbonyl (C=O) groups excluding carboxylic acids is 1. The molecule has 23 heavy (non-hydrogen) atoms. The van der Waals surface area contributed by atoms with Crippen LogP contribution in [0, 0.1) is 11.6 Å². The minimum Gasteiger partial charge on any atom is -0.301 e. The highest BCUT2D eigenvalue weighted by molar-refractivity contribution is 7.88. The van der Waals surface area contributed by atoms with E-state index in [0.29, 0.717) is 12.8 Å². The zero-order valence-electron chi connectivity index (χ0n) is 12.0. The van der Waals surface area contributed by atoms with Crippen LogP contribution in [0.25, 0.3) is 10.2 Å². The molecule has 2 aromatic rings. The van der Waals surface area contributed by atoms with Gasteiger partial charge in [-0.15, -0.1) is 0 Å². The van der Waals surface area contributed by atoms with Gasteiger partial charge in [0, 0.05) is 12.6 Å². The van der Waals surface area contributed by atoms with Crippen LogP contribution in [-0.4, -0.2) is 42.5 Å². The summed E-state index contributed by atoms with van der Waals surface area (Å²) in [6, 6.07) is 1.04. The average Bonchev–Trinajstić information content (AvgIpc) is 3.03. The van der Waals surface area contributed by atoms with Crippen LogP contribution < -0.4 is 5.32 Å². The summed E-state index contributed by atoms with van der Waals surface area (Å²) in [5, 5.41) is 2.60. The Bertz CT molecular complexity index is 882. The number of anilines is 1. The molecule has 2 heterocycles. The van der Waals surface area contributed by atoms with Gasteiger partial charge in [0.1, 0.15) is 17.4 Å². The first kappa shape index (κ1) is 16.2. The molecule has 0 unspecified atom stereocenters. The van der Waals surface area contributed by atoms with E-state index in [1.54, 1.807) is 0 Å². The quantitative estimate of drug-likeness (QED) is 0.906. The Morgan fingerprint density at radius 3 is 2.87 bits per heavy atom. The number of sulfonamides is 1. The second-order valence-electron chi connectivity index (χ2n) is 5.27. The van der Waals surface area contributed by atoms with Gasteiger partial charge in [0.05, 0.1) is 11.0 Å². The summed E-state index contributed by atoms with van der Waals surface area (Å²) in [4.78, 5) is 16.2. The number of nitrogens with zero attached hydrogens (tertiary/aromatic N) is 2. The third-order valence-corrected chi connectivity index (χ3v) is 5.78. The minimum absolute atomic E-state index is 0.0295. The first-order valence-corrected chi connectivity index (χ1v) is 9.45. The Kier molecular flexibility index (Phi) is 4.07. The van der Waals surface area contributed by atoms with E-state index in [-0.39, 0.29) is 21.9 Å². The number of rotatable bonds is 3.